The number of halogens is 1. The number of nitrogens with one attached hydrogen (secondary N) is 1. The van der Waals surface area contributed by atoms with Crippen LogP contribution >= 0.6 is 0 Å². The number of benzene rings is 2. The van der Waals surface area contributed by atoms with Crippen LogP contribution in [0.1, 0.15) is 49.8 Å². The summed E-state index contributed by atoms with van der Waals surface area (Å²) in [6, 6.07) is 13.3. The number of unbranched alkanes of at least 4 members (excludes halogenated alkanes) is 1. The van der Waals surface area contributed by atoms with Crippen molar-refractivity contribution in [3.8, 4) is 0 Å². The van der Waals surface area contributed by atoms with E-state index in [1.807, 2.05) is 38.1 Å². The Morgan fingerprint density at radius 1 is 1.07 bits per heavy atom. The van der Waals surface area contributed by atoms with E-state index < -0.39 is 6.04 Å². The van der Waals surface area contributed by atoms with Gasteiger partial charge in [0.05, 0.1) is 6.42 Å². The minimum atomic E-state index is -0.562. The zero-order valence-corrected chi connectivity index (χ0v) is 17.6. The maximum Gasteiger partial charge on any atom is 0.242 e. The van der Waals surface area contributed by atoms with Crippen molar-refractivity contribution in [2.45, 2.75) is 59.0 Å². The SMILES string of the molecule is CCCCNC(=O)[C@H](CC)N(Cc1ccc(F)cc1)C(=O)Cc1ccccc1C. The van der Waals surface area contributed by atoms with Gasteiger partial charge in [0, 0.05) is 13.1 Å². The van der Waals surface area contributed by atoms with Crippen LogP contribution in [0.4, 0.5) is 4.39 Å². The predicted molar refractivity (Wildman–Crippen MR) is 114 cm³/mol. The molecule has 4 nitrogen and oxygen atoms in total. The number of hydrogen-bond donors (Lipinski definition) is 1. The fourth-order valence-corrected chi connectivity index (χ4v) is 3.29. The minimum Gasteiger partial charge on any atom is -0.354 e. The molecule has 0 aliphatic rings. The van der Waals surface area contributed by atoms with Crippen LogP contribution < -0.4 is 5.32 Å². The molecule has 0 radical (unpaired) electrons. The highest BCUT2D eigenvalue weighted by Gasteiger charge is 2.28. The number of amides is 2. The highest BCUT2D eigenvalue weighted by Crippen LogP contribution is 2.16. The van der Waals surface area contributed by atoms with E-state index in [4.69, 9.17) is 0 Å². The van der Waals surface area contributed by atoms with E-state index in [1.54, 1.807) is 17.0 Å². The van der Waals surface area contributed by atoms with Crippen LogP contribution in [0.15, 0.2) is 48.5 Å². The summed E-state index contributed by atoms with van der Waals surface area (Å²) in [5.74, 6) is -0.571. The van der Waals surface area contributed by atoms with Crippen LogP contribution in [0.5, 0.6) is 0 Å². The molecule has 5 heteroatoms. The van der Waals surface area contributed by atoms with Crippen LogP contribution in [0.2, 0.25) is 0 Å². The molecular formula is C24H31FN2O2. The summed E-state index contributed by atoms with van der Waals surface area (Å²) in [5, 5.41) is 2.95. The van der Waals surface area contributed by atoms with Crippen molar-refractivity contribution in [2.75, 3.05) is 6.54 Å². The lowest BCUT2D eigenvalue weighted by molar-refractivity contribution is -0.140. The van der Waals surface area contributed by atoms with Crippen molar-refractivity contribution in [3.63, 3.8) is 0 Å². The first kappa shape index (κ1) is 22.6. The topological polar surface area (TPSA) is 49.4 Å². The molecule has 0 fully saturated rings. The van der Waals surface area contributed by atoms with Gasteiger partial charge in [-0.05, 0) is 48.6 Å². The number of nitrogens with zero attached hydrogens (tertiary/aromatic N) is 1. The highest BCUT2D eigenvalue weighted by molar-refractivity contribution is 5.88. The van der Waals surface area contributed by atoms with Gasteiger partial charge in [-0.1, -0.05) is 56.7 Å². The van der Waals surface area contributed by atoms with E-state index in [9.17, 15) is 14.0 Å². The van der Waals surface area contributed by atoms with Gasteiger partial charge in [0.1, 0.15) is 11.9 Å². The highest BCUT2D eigenvalue weighted by atomic mass is 19.1. The molecule has 0 aliphatic carbocycles. The van der Waals surface area contributed by atoms with Crippen LogP contribution in [-0.2, 0) is 22.6 Å². The second-order valence-corrected chi connectivity index (χ2v) is 7.32. The fourth-order valence-electron chi connectivity index (χ4n) is 3.29. The van der Waals surface area contributed by atoms with Gasteiger partial charge in [0.25, 0.3) is 0 Å². The third-order valence-electron chi connectivity index (χ3n) is 5.08. The molecule has 2 amide bonds. The van der Waals surface area contributed by atoms with Crippen LogP contribution in [0.3, 0.4) is 0 Å². The van der Waals surface area contributed by atoms with Crippen LogP contribution in [-0.4, -0.2) is 29.3 Å². The van der Waals surface area contributed by atoms with E-state index in [1.165, 1.54) is 12.1 Å². The smallest absolute Gasteiger partial charge is 0.242 e. The lowest BCUT2D eigenvalue weighted by Crippen LogP contribution is -2.49. The maximum absolute atomic E-state index is 13.3. The van der Waals surface area contributed by atoms with Crippen molar-refractivity contribution in [2.24, 2.45) is 0 Å². The van der Waals surface area contributed by atoms with Gasteiger partial charge in [0.2, 0.25) is 11.8 Å². The standard InChI is InChI=1S/C24H31FN2O2/c1-4-6-15-26-24(29)22(5-2)27(17-19-11-13-21(25)14-12-19)23(28)16-20-10-8-7-9-18(20)3/h7-14,22H,4-6,15-17H2,1-3H3,(H,26,29)/t22-/m0/s1. The van der Waals surface area contributed by atoms with Crippen molar-refractivity contribution in [1.82, 2.24) is 10.2 Å². The summed E-state index contributed by atoms with van der Waals surface area (Å²) >= 11 is 0. The zero-order valence-electron chi connectivity index (χ0n) is 17.6. The van der Waals surface area contributed by atoms with E-state index >= 15 is 0 Å². The molecule has 2 rings (SSSR count). The first-order valence-electron chi connectivity index (χ1n) is 10.3. The molecule has 0 unspecified atom stereocenters. The van der Waals surface area contributed by atoms with Gasteiger partial charge >= 0.3 is 0 Å². The molecule has 0 aromatic heterocycles. The molecule has 29 heavy (non-hydrogen) atoms. The van der Waals surface area contributed by atoms with Gasteiger partial charge in [-0.2, -0.15) is 0 Å². The second kappa shape index (κ2) is 11.3. The largest absolute Gasteiger partial charge is 0.354 e. The number of carbonyl (C=O) groups is 2. The van der Waals surface area contributed by atoms with Gasteiger partial charge in [-0.25, -0.2) is 4.39 Å². The van der Waals surface area contributed by atoms with E-state index in [-0.39, 0.29) is 30.6 Å². The van der Waals surface area contributed by atoms with Gasteiger partial charge in [-0.15, -0.1) is 0 Å². The number of aryl methyl sites for hydroxylation is 1. The second-order valence-electron chi connectivity index (χ2n) is 7.32. The Labute approximate surface area is 173 Å². The molecule has 156 valence electrons. The molecule has 0 aliphatic heterocycles. The molecule has 1 atom stereocenters. The summed E-state index contributed by atoms with van der Waals surface area (Å²) in [6.07, 6.45) is 2.63. The van der Waals surface area contributed by atoms with Crippen molar-refractivity contribution in [3.05, 3.63) is 71.0 Å². The van der Waals surface area contributed by atoms with E-state index in [2.05, 4.69) is 12.2 Å². The Balaban J connectivity index is 2.25. The van der Waals surface area contributed by atoms with Crippen LogP contribution in [0.25, 0.3) is 0 Å². The summed E-state index contributed by atoms with van der Waals surface area (Å²) < 4.78 is 13.3. The molecule has 2 aromatic rings. The minimum absolute atomic E-state index is 0.110. The van der Waals surface area contributed by atoms with Crippen LogP contribution in [0, 0.1) is 12.7 Å². The Morgan fingerprint density at radius 2 is 1.76 bits per heavy atom. The molecule has 0 spiro atoms. The summed E-state index contributed by atoms with van der Waals surface area (Å²) in [4.78, 5) is 27.7. The lowest BCUT2D eigenvalue weighted by Gasteiger charge is -2.31. The average molecular weight is 399 g/mol. The van der Waals surface area contributed by atoms with Gasteiger partial charge in [-0.3, -0.25) is 9.59 Å². The van der Waals surface area contributed by atoms with E-state index in [0.717, 1.165) is 29.5 Å². The molecule has 1 N–H and O–H groups in total. The molecule has 0 saturated carbocycles. The molecule has 2 aromatic carbocycles. The molecule has 0 saturated heterocycles. The predicted octanol–water partition coefficient (Wildman–Crippen LogP) is 4.40. The zero-order chi connectivity index (χ0) is 21.2. The molecule has 0 heterocycles. The Bertz CT molecular complexity index is 805. The average Bonchev–Trinajstić information content (AvgIpc) is 2.71. The normalized spacial score (nSPS) is 11.7. The summed E-state index contributed by atoms with van der Waals surface area (Å²) in [5.41, 5.74) is 2.79. The van der Waals surface area contributed by atoms with Crippen molar-refractivity contribution < 1.29 is 14.0 Å². The molecular weight excluding hydrogens is 367 g/mol. The number of carbonyl (C=O) groups excluding carboxylic acids is 2. The maximum atomic E-state index is 13.3. The van der Waals surface area contributed by atoms with Gasteiger partial charge < -0.3 is 10.2 Å². The molecule has 0 bridgehead atoms. The van der Waals surface area contributed by atoms with Crippen molar-refractivity contribution in [1.29, 1.82) is 0 Å². The summed E-state index contributed by atoms with van der Waals surface area (Å²) in [7, 11) is 0. The third-order valence-corrected chi connectivity index (χ3v) is 5.08. The van der Waals surface area contributed by atoms with Crippen molar-refractivity contribution >= 4 is 11.8 Å². The number of rotatable bonds is 10. The first-order chi connectivity index (χ1) is 14.0. The fraction of sp³-hybridized carbons (Fsp3) is 0.417. The third kappa shape index (κ3) is 6.70. The Morgan fingerprint density at radius 3 is 2.38 bits per heavy atom. The van der Waals surface area contributed by atoms with Gasteiger partial charge in [0.15, 0.2) is 0 Å². The first-order valence-corrected chi connectivity index (χ1v) is 10.3. The lowest BCUT2D eigenvalue weighted by atomic mass is 10.0. The monoisotopic (exact) mass is 398 g/mol. The number of hydrogen-bond acceptors (Lipinski definition) is 2. The van der Waals surface area contributed by atoms with E-state index in [0.29, 0.717) is 13.0 Å². The Hall–Kier alpha value is -2.69. The quantitative estimate of drug-likeness (QED) is 0.603. The summed E-state index contributed by atoms with van der Waals surface area (Å²) in [6.45, 7) is 6.81. The Kier molecular flexibility index (Phi) is 8.84.